The summed E-state index contributed by atoms with van der Waals surface area (Å²) in [5, 5.41) is 11.1. The van der Waals surface area contributed by atoms with Gasteiger partial charge in [0.05, 0.1) is 11.6 Å². The third-order valence-electron chi connectivity index (χ3n) is 5.85. The molecule has 3 aromatic rings. The average Bonchev–Trinajstić information content (AvgIpc) is 3.06. The molecule has 0 saturated carbocycles. The van der Waals surface area contributed by atoms with Crippen LogP contribution in [0.1, 0.15) is 40.8 Å². The van der Waals surface area contributed by atoms with Crippen LogP contribution >= 0.6 is 0 Å². The Morgan fingerprint density at radius 1 is 1.03 bits per heavy atom. The van der Waals surface area contributed by atoms with Crippen LogP contribution in [0.25, 0.3) is 5.76 Å². The van der Waals surface area contributed by atoms with Gasteiger partial charge in [-0.25, -0.2) is 0 Å². The maximum Gasteiger partial charge on any atom is 0.300 e. The molecule has 0 aliphatic carbocycles. The topological polar surface area (TPSA) is 70.5 Å². The maximum atomic E-state index is 13.1. The number of rotatable bonds is 4. The van der Waals surface area contributed by atoms with Crippen LogP contribution in [0.3, 0.4) is 0 Å². The lowest BCUT2D eigenvalue weighted by molar-refractivity contribution is -0.132. The highest BCUT2D eigenvalue weighted by molar-refractivity contribution is 6.51. The number of aryl methyl sites for hydroxylation is 3. The van der Waals surface area contributed by atoms with Crippen molar-refractivity contribution in [1.29, 1.82) is 0 Å². The van der Waals surface area contributed by atoms with Gasteiger partial charge in [-0.15, -0.1) is 0 Å². The van der Waals surface area contributed by atoms with Gasteiger partial charge >= 0.3 is 0 Å². The second kappa shape index (κ2) is 8.19. The third kappa shape index (κ3) is 3.63. The van der Waals surface area contributed by atoms with Crippen molar-refractivity contribution >= 4 is 23.1 Å². The molecule has 156 valence electrons. The Balaban J connectivity index is 1.92. The highest BCUT2D eigenvalue weighted by Crippen LogP contribution is 2.42. The fourth-order valence-electron chi connectivity index (χ4n) is 3.88. The van der Waals surface area contributed by atoms with E-state index >= 15 is 0 Å². The predicted octanol–water partition coefficient (Wildman–Crippen LogP) is 4.89. The molecular weight excluding hydrogens is 388 g/mol. The number of ketones is 1. The van der Waals surface area contributed by atoms with Crippen LogP contribution in [-0.4, -0.2) is 21.8 Å². The van der Waals surface area contributed by atoms with Crippen LogP contribution in [0.2, 0.25) is 0 Å². The van der Waals surface area contributed by atoms with Crippen molar-refractivity contribution in [2.45, 2.75) is 33.2 Å². The Morgan fingerprint density at radius 2 is 1.77 bits per heavy atom. The lowest BCUT2D eigenvalue weighted by Gasteiger charge is -2.25. The van der Waals surface area contributed by atoms with E-state index in [9.17, 15) is 14.7 Å². The molecule has 1 unspecified atom stereocenters. The molecular formula is C26H24N2O3. The van der Waals surface area contributed by atoms with E-state index in [1.807, 2.05) is 57.2 Å². The maximum absolute atomic E-state index is 13.1. The quantitative estimate of drug-likeness (QED) is 0.376. The lowest BCUT2D eigenvalue weighted by atomic mass is 9.95. The first-order chi connectivity index (χ1) is 14.9. The van der Waals surface area contributed by atoms with E-state index in [1.165, 1.54) is 4.90 Å². The molecule has 2 aromatic carbocycles. The zero-order valence-electron chi connectivity index (χ0n) is 17.8. The second-order valence-electron chi connectivity index (χ2n) is 7.77. The Morgan fingerprint density at radius 3 is 2.39 bits per heavy atom. The number of aromatic nitrogens is 1. The molecule has 1 saturated heterocycles. The van der Waals surface area contributed by atoms with Crippen molar-refractivity contribution in [3.63, 3.8) is 0 Å². The standard InChI is InChI=1S/C26H24N2O3/c1-4-18-8-10-19(11-9-18)24(29)22-23(20-6-5-13-27-15-20)28(26(31)25(22)30)21-12-7-16(2)17(3)14-21/h5-15,23,29H,4H2,1-3H3/b24-22+. The molecule has 1 atom stereocenters. The first-order valence-electron chi connectivity index (χ1n) is 10.3. The van der Waals surface area contributed by atoms with Gasteiger partial charge in [-0.05, 0) is 60.7 Å². The number of anilines is 1. The minimum atomic E-state index is -0.762. The monoisotopic (exact) mass is 412 g/mol. The lowest BCUT2D eigenvalue weighted by Crippen LogP contribution is -2.29. The summed E-state index contributed by atoms with van der Waals surface area (Å²) in [6.45, 7) is 6.00. The summed E-state index contributed by atoms with van der Waals surface area (Å²) in [6, 6.07) is 15.8. The molecule has 4 rings (SSSR count). The normalized spacial score (nSPS) is 17.9. The smallest absolute Gasteiger partial charge is 0.300 e. The Kier molecular flexibility index (Phi) is 5.42. The van der Waals surface area contributed by atoms with Gasteiger partial charge in [-0.1, -0.05) is 43.3 Å². The second-order valence-corrected chi connectivity index (χ2v) is 7.77. The van der Waals surface area contributed by atoms with Crippen LogP contribution < -0.4 is 4.90 Å². The van der Waals surface area contributed by atoms with Crippen LogP contribution in [-0.2, 0) is 16.0 Å². The molecule has 0 bridgehead atoms. The van der Waals surface area contributed by atoms with Crippen LogP contribution in [0.15, 0.2) is 72.6 Å². The van der Waals surface area contributed by atoms with Crippen molar-refractivity contribution in [2.75, 3.05) is 4.90 Å². The highest BCUT2D eigenvalue weighted by atomic mass is 16.3. The van der Waals surface area contributed by atoms with Gasteiger partial charge in [0.2, 0.25) is 0 Å². The molecule has 5 nitrogen and oxygen atoms in total. The molecule has 0 spiro atoms. The summed E-state index contributed by atoms with van der Waals surface area (Å²) < 4.78 is 0. The number of carbonyl (C=O) groups is 2. The van der Waals surface area contributed by atoms with E-state index in [-0.39, 0.29) is 11.3 Å². The number of carbonyl (C=O) groups excluding carboxylic acids is 2. The number of Topliss-reactive ketones (excluding diaryl/α,β-unsaturated/α-hetero) is 1. The summed E-state index contributed by atoms with van der Waals surface area (Å²) in [5.41, 5.74) is 5.07. The van der Waals surface area contributed by atoms with E-state index in [0.717, 1.165) is 23.1 Å². The SMILES string of the molecule is CCc1ccc(/C(O)=C2\C(=O)C(=O)N(c3ccc(C)c(C)c3)C2c2cccnc2)cc1. The molecule has 1 amide bonds. The molecule has 1 aliphatic heterocycles. The van der Waals surface area contributed by atoms with Crippen molar-refractivity contribution in [1.82, 2.24) is 4.98 Å². The van der Waals surface area contributed by atoms with Gasteiger partial charge in [0.25, 0.3) is 11.7 Å². The number of nitrogens with zero attached hydrogens (tertiary/aromatic N) is 2. The zero-order chi connectivity index (χ0) is 22.1. The fraction of sp³-hybridized carbons (Fsp3) is 0.192. The van der Waals surface area contributed by atoms with E-state index in [1.54, 1.807) is 30.6 Å². The van der Waals surface area contributed by atoms with Crippen LogP contribution in [0, 0.1) is 13.8 Å². The van der Waals surface area contributed by atoms with E-state index < -0.39 is 17.7 Å². The van der Waals surface area contributed by atoms with Gasteiger partial charge < -0.3 is 5.11 Å². The van der Waals surface area contributed by atoms with Gasteiger partial charge in [-0.2, -0.15) is 0 Å². The molecule has 0 radical (unpaired) electrons. The molecule has 1 fully saturated rings. The summed E-state index contributed by atoms with van der Waals surface area (Å²) in [5.74, 6) is -1.55. The van der Waals surface area contributed by atoms with Gasteiger partial charge in [0, 0.05) is 23.6 Å². The summed E-state index contributed by atoms with van der Waals surface area (Å²) in [7, 11) is 0. The van der Waals surface area contributed by atoms with Crippen molar-refractivity contribution in [2.24, 2.45) is 0 Å². The minimum Gasteiger partial charge on any atom is -0.507 e. The molecule has 31 heavy (non-hydrogen) atoms. The number of hydrogen-bond acceptors (Lipinski definition) is 4. The summed E-state index contributed by atoms with van der Waals surface area (Å²) in [6.07, 6.45) is 4.13. The molecule has 5 heteroatoms. The van der Waals surface area contributed by atoms with E-state index in [2.05, 4.69) is 4.98 Å². The zero-order valence-corrected chi connectivity index (χ0v) is 17.8. The van der Waals surface area contributed by atoms with E-state index in [0.29, 0.717) is 16.8 Å². The Bertz CT molecular complexity index is 1180. The van der Waals surface area contributed by atoms with Gasteiger partial charge in [0.1, 0.15) is 5.76 Å². The van der Waals surface area contributed by atoms with Crippen molar-refractivity contribution < 1.29 is 14.7 Å². The predicted molar refractivity (Wildman–Crippen MR) is 121 cm³/mol. The Hall–Kier alpha value is -3.73. The minimum absolute atomic E-state index is 0.0699. The van der Waals surface area contributed by atoms with E-state index in [4.69, 9.17) is 0 Å². The molecule has 2 heterocycles. The molecule has 1 aliphatic rings. The Labute approximate surface area is 181 Å². The molecule has 1 aromatic heterocycles. The summed E-state index contributed by atoms with van der Waals surface area (Å²) in [4.78, 5) is 31.9. The number of amides is 1. The number of benzene rings is 2. The number of hydrogen-bond donors (Lipinski definition) is 1. The largest absolute Gasteiger partial charge is 0.507 e. The number of aliphatic hydroxyl groups is 1. The fourth-order valence-corrected chi connectivity index (χ4v) is 3.88. The highest BCUT2D eigenvalue weighted by Gasteiger charge is 2.47. The molecule has 1 N–H and O–H groups in total. The van der Waals surface area contributed by atoms with Gasteiger partial charge in [-0.3, -0.25) is 19.5 Å². The average molecular weight is 412 g/mol. The van der Waals surface area contributed by atoms with Crippen molar-refractivity contribution in [3.05, 3.63) is 100 Å². The van der Waals surface area contributed by atoms with Gasteiger partial charge in [0.15, 0.2) is 0 Å². The first-order valence-corrected chi connectivity index (χ1v) is 10.3. The number of pyridine rings is 1. The number of aliphatic hydroxyl groups excluding tert-OH is 1. The van der Waals surface area contributed by atoms with Crippen LogP contribution in [0.4, 0.5) is 5.69 Å². The third-order valence-corrected chi connectivity index (χ3v) is 5.85. The van der Waals surface area contributed by atoms with Crippen molar-refractivity contribution in [3.8, 4) is 0 Å². The summed E-state index contributed by atoms with van der Waals surface area (Å²) >= 11 is 0. The van der Waals surface area contributed by atoms with Crippen LogP contribution in [0.5, 0.6) is 0 Å². The first kappa shape index (κ1) is 20.5.